The van der Waals surface area contributed by atoms with E-state index >= 15 is 0 Å². The van der Waals surface area contributed by atoms with Gasteiger partial charge in [0, 0.05) is 28.2 Å². The van der Waals surface area contributed by atoms with E-state index in [1.165, 1.54) is 9.80 Å². The van der Waals surface area contributed by atoms with Crippen LogP contribution in [0.4, 0.5) is 4.79 Å². The summed E-state index contributed by atoms with van der Waals surface area (Å²) in [5.74, 6) is 1.23. The number of nitrogens with zero attached hydrogens (tertiary/aromatic N) is 4. The summed E-state index contributed by atoms with van der Waals surface area (Å²) in [7, 11) is 6.84. The van der Waals surface area contributed by atoms with Gasteiger partial charge in [0.2, 0.25) is 5.96 Å². The monoisotopic (exact) mass is 182 g/mol. The van der Waals surface area contributed by atoms with E-state index in [0.29, 0.717) is 11.8 Å². The third-order valence-corrected chi connectivity index (χ3v) is 2.15. The van der Waals surface area contributed by atoms with Gasteiger partial charge in [-0.05, 0) is 0 Å². The summed E-state index contributed by atoms with van der Waals surface area (Å²) in [4.78, 5) is 20.3. The molecule has 2 amide bonds. The molecule has 5 heteroatoms. The van der Waals surface area contributed by atoms with Crippen LogP contribution in [0.5, 0.6) is 0 Å². The van der Waals surface area contributed by atoms with Crippen molar-refractivity contribution >= 4 is 12.0 Å². The normalized spacial score (nSPS) is 21.8. The van der Waals surface area contributed by atoms with Gasteiger partial charge < -0.3 is 4.90 Å². The van der Waals surface area contributed by atoms with Crippen LogP contribution in [0.3, 0.4) is 0 Å². The number of hydrogen-bond acceptors (Lipinski definition) is 2. The Morgan fingerprint density at radius 1 is 1.15 bits per heavy atom. The Kier molecular flexibility index (Phi) is 2.27. The molecule has 1 aliphatic heterocycles. The summed E-state index contributed by atoms with van der Waals surface area (Å²) in [5.41, 5.74) is 0. The average molecular weight is 182 g/mol. The number of guanidine groups is 1. The summed E-state index contributed by atoms with van der Waals surface area (Å²) in [6.07, 6.45) is 0. The highest BCUT2D eigenvalue weighted by atomic mass is 16.2. The fourth-order valence-corrected chi connectivity index (χ4v) is 1.29. The van der Waals surface area contributed by atoms with Crippen LogP contribution in [0.2, 0.25) is 0 Å². The lowest BCUT2D eigenvalue weighted by molar-refractivity contribution is 0.178. The fraction of sp³-hybridized carbons (Fsp3) is 0.500. The van der Waals surface area contributed by atoms with Crippen LogP contribution >= 0.6 is 0 Å². The zero-order valence-electron chi connectivity index (χ0n) is 8.40. The van der Waals surface area contributed by atoms with E-state index in [4.69, 9.17) is 0 Å². The SMILES string of the molecule is C=C1N(C)C(=O)N(C)C(=NC)N1C. The first-order valence-electron chi connectivity index (χ1n) is 3.91. The molecule has 72 valence electrons. The summed E-state index contributed by atoms with van der Waals surface area (Å²) in [5, 5.41) is 0. The number of carbonyl (C=O) groups excluding carboxylic acids is 1. The third-order valence-electron chi connectivity index (χ3n) is 2.15. The molecule has 0 aromatic heterocycles. The van der Waals surface area contributed by atoms with Gasteiger partial charge >= 0.3 is 6.03 Å². The summed E-state index contributed by atoms with van der Waals surface area (Å²) >= 11 is 0. The molecule has 13 heavy (non-hydrogen) atoms. The highest BCUT2D eigenvalue weighted by molar-refractivity contribution is 5.99. The minimum absolute atomic E-state index is 0.122. The highest BCUT2D eigenvalue weighted by Crippen LogP contribution is 2.15. The fourth-order valence-electron chi connectivity index (χ4n) is 1.29. The Balaban J connectivity index is 3.06. The molecule has 5 nitrogen and oxygen atoms in total. The summed E-state index contributed by atoms with van der Waals surface area (Å²) < 4.78 is 0. The number of amides is 2. The maximum atomic E-state index is 11.5. The first-order valence-corrected chi connectivity index (χ1v) is 3.91. The first-order chi connectivity index (χ1) is 6.00. The minimum atomic E-state index is -0.122. The first kappa shape index (κ1) is 9.57. The minimum Gasteiger partial charge on any atom is -0.301 e. The number of urea groups is 1. The molecule has 1 heterocycles. The van der Waals surface area contributed by atoms with Gasteiger partial charge in [-0.15, -0.1) is 0 Å². The quantitative estimate of drug-likeness (QED) is 0.543. The number of rotatable bonds is 0. The van der Waals surface area contributed by atoms with Gasteiger partial charge in [-0.3, -0.25) is 14.8 Å². The molecule has 1 fully saturated rings. The van der Waals surface area contributed by atoms with Crippen LogP contribution in [0.1, 0.15) is 0 Å². The summed E-state index contributed by atoms with van der Waals surface area (Å²) in [6, 6.07) is -0.122. The molecule has 0 atom stereocenters. The van der Waals surface area contributed by atoms with Crippen LogP contribution in [0, 0.1) is 0 Å². The lowest BCUT2D eigenvalue weighted by Crippen LogP contribution is -2.55. The smallest absolute Gasteiger partial charge is 0.301 e. The van der Waals surface area contributed by atoms with Crippen LogP contribution in [0.15, 0.2) is 17.4 Å². The molecule has 0 radical (unpaired) electrons. The second kappa shape index (κ2) is 3.08. The molecule has 0 aliphatic carbocycles. The van der Waals surface area contributed by atoms with Crippen LogP contribution in [0.25, 0.3) is 0 Å². The Bertz CT molecular complexity index is 260. The largest absolute Gasteiger partial charge is 0.331 e. The van der Waals surface area contributed by atoms with E-state index < -0.39 is 0 Å². The van der Waals surface area contributed by atoms with E-state index in [0.717, 1.165) is 0 Å². The zero-order valence-corrected chi connectivity index (χ0v) is 8.40. The number of aliphatic imine (C=N–C) groups is 1. The summed E-state index contributed by atoms with van der Waals surface area (Å²) in [6.45, 7) is 3.78. The van der Waals surface area contributed by atoms with Gasteiger partial charge in [-0.25, -0.2) is 4.79 Å². The molecule has 1 saturated heterocycles. The van der Waals surface area contributed by atoms with Crippen molar-refractivity contribution in [3.63, 3.8) is 0 Å². The zero-order chi connectivity index (χ0) is 10.2. The van der Waals surface area contributed by atoms with Crippen LogP contribution < -0.4 is 0 Å². The van der Waals surface area contributed by atoms with E-state index in [9.17, 15) is 4.79 Å². The van der Waals surface area contributed by atoms with Gasteiger partial charge in [-0.2, -0.15) is 0 Å². The van der Waals surface area contributed by atoms with Crippen molar-refractivity contribution in [2.75, 3.05) is 28.2 Å². The Hall–Kier alpha value is -1.52. The van der Waals surface area contributed by atoms with Crippen molar-refractivity contribution in [2.24, 2.45) is 4.99 Å². The molecule has 0 spiro atoms. The molecule has 1 aliphatic rings. The number of hydrogen-bond donors (Lipinski definition) is 0. The van der Waals surface area contributed by atoms with Crippen molar-refractivity contribution < 1.29 is 4.79 Å². The Morgan fingerprint density at radius 2 is 1.69 bits per heavy atom. The second-order valence-electron chi connectivity index (χ2n) is 2.90. The molecule has 0 aromatic rings. The van der Waals surface area contributed by atoms with Crippen molar-refractivity contribution in [1.29, 1.82) is 0 Å². The van der Waals surface area contributed by atoms with Crippen molar-refractivity contribution in [3.05, 3.63) is 12.4 Å². The van der Waals surface area contributed by atoms with Crippen molar-refractivity contribution in [1.82, 2.24) is 14.7 Å². The van der Waals surface area contributed by atoms with Crippen molar-refractivity contribution in [3.8, 4) is 0 Å². The van der Waals surface area contributed by atoms with Gasteiger partial charge in [0.1, 0.15) is 5.82 Å². The topological polar surface area (TPSA) is 39.2 Å². The maximum absolute atomic E-state index is 11.5. The maximum Gasteiger partial charge on any atom is 0.331 e. The average Bonchev–Trinajstić information content (AvgIpc) is 2.13. The van der Waals surface area contributed by atoms with Gasteiger partial charge in [-0.1, -0.05) is 6.58 Å². The van der Waals surface area contributed by atoms with E-state index in [1.54, 1.807) is 26.0 Å². The molecule has 0 N–H and O–H groups in total. The molecule has 0 unspecified atom stereocenters. The van der Waals surface area contributed by atoms with Gasteiger partial charge in [0.05, 0.1) is 0 Å². The lowest BCUT2D eigenvalue weighted by Gasteiger charge is -2.39. The molecule has 0 aromatic carbocycles. The molecular weight excluding hydrogens is 168 g/mol. The predicted octanol–water partition coefficient (Wildman–Crippen LogP) is 0.372. The van der Waals surface area contributed by atoms with E-state index in [1.807, 2.05) is 7.05 Å². The van der Waals surface area contributed by atoms with Gasteiger partial charge in [0.25, 0.3) is 0 Å². The van der Waals surface area contributed by atoms with Crippen molar-refractivity contribution in [2.45, 2.75) is 0 Å². The second-order valence-corrected chi connectivity index (χ2v) is 2.90. The molecular formula is C8H14N4O. The van der Waals surface area contributed by atoms with Crippen LogP contribution in [-0.4, -0.2) is 54.9 Å². The molecule has 1 rings (SSSR count). The Morgan fingerprint density at radius 3 is 2.15 bits per heavy atom. The molecule has 0 bridgehead atoms. The standard InChI is InChI=1S/C8H14N4O/c1-6-10(3)7(9-2)12(5)8(13)11(6)4/h1H2,2-5H3. The van der Waals surface area contributed by atoms with E-state index in [2.05, 4.69) is 11.6 Å². The molecule has 0 saturated carbocycles. The van der Waals surface area contributed by atoms with E-state index in [-0.39, 0.29) is 6.03 Å². The highest BCUT2D eigenvalue weighted by Gasteiger charge is 2.31. The third kappa shape index (κ3) is 1.26. The van der Waals surface area contributed by atoms with Gasteiger partial charge in [0.15, 0.2) is 0 Å². The Labute approximate surface area is 77.9 Å². The van der Waals surface area contributed by atoms with Crippen LogP contribution in [-0.2, 0) is 0 Å². The predicted molar refractivity (Wildman–Crippen MR) is 51.2 cm³/mol. The lowest BCUT2D eigenvalue weighted by atomic mass is 10.4. The number of carbonyl (C=O) groups is 1.